The van der Waals surface area contributed by atoms with Gasteiger partial charge in [-0.3, -0.25) is 9.36 Å². The molecule has 0 radical (unpaired) electrons. The fourth-order valence-electron chi connectivity index (χ4n) is 11.7. The third kappa shape index (κ3) is 4.79. The molecule has 13 aromatic rings. The maximum atomic E-state index is 16.0. The first-order valence-corrected chi connectivity index (χ1v) is 22.7. The van der Waals surface area contributed by atoms with Crippen molar-refractivity contribution in [3.63, 3.8) is 0 Å². The minimum Gasteiger partial charge on any atom is -0.457 e. The summed E-state index contributed by atoms with van der Waals surface area (Å²) in [6.45, 7) is 0. The average Bonchev–Trinajstić information content (AvgIpc) is 3.97. The lowest BCUT2D eigenvalue weighted by atomic mass is 9.61. The Labute approximate surface area is 383 Å². The molecule has 0 amide bonds. The van der Waals surface area contributed by atoms with Gasteiger partial charge in [0.15, 0.2) is 0 Å². The predicted molar refractivity (Wildman–Crippen MR) is 270 cm³/mol. The number of pyridine rings is 1. The maximum absolute atomic E-state index is 16.0. The first-order valence-electron chi connectivity index (χ1n) is 22.7. The lowest BCUT2D eigenvalue weighted by molar-refractivity contribution is 0.434. The Bertz CT molecular complexity index is 4300. The minimum absolute atomic E-state index is 0.0767. The molecule has 3 aromatic heterocycles. The highest BCUT2D eigenvalue weighted by Gasteiger charge is 2.51. The second-order valence-electron chi connectivity index (χ2n) is 17.8. The molecule has 2 aliphatic rings. The number of nitrogens with zero attached hydrogens (tertiary/aromatic N) is 1. The fraction of sp³-hybridized carbons (Fsp3) is 0.0161. The average molecular weight is 858 g/mol. The number of hydrogen-bond acceptors (Lipinski definition) is 4. The van der Waals surface area contributed by atoms with Crippen molar-refractivity contribution in [2.45, 2.75) is 5.41 Å². The summed E-state index contributed by atoms with van der Waals surface area (Å²) in [6, 6.07) is 73.8. The molecule has 0 bridgehead atoms. The zero-order chi connectivity index (χ0) is 44.0. The summed E-state index contributed by atoms with van der Waals surface area (Å²) in [7, 11) is 0. The van der Waals surface area contributed by atoms with Gasteiger partial charge in [0.1, 0.15) is 33.8 Å². The zero-order valence-corrected chi connectivity index (χ0v) is 35.8. The number of hydrogen-bond donors (Lipinski definition) is 0. The van der Waals surface area contributed by atoms with Gasteiger partial charge in [-0.1, -0.05) is 164 Å². The van der Waals surface area contributed by atoms with Gasteiger partial charge in [-0.15, -0.1) is 0 Å². The second kappa shape index (κ2) is 13.3. The molecule has 0 unspecified atom stereocenters. The molecule has 5 heteroatoms. The van der Waals surface area contributed by atoms with Gasteiger partial charge in [-0.2, -0.15) is 0 Å². The molecule has 312 valence electrons. The molecule has 2 aliphatic heterocycles. The van der Waals surface area contributed by atoms with E-state index in [1.807, 2.05) is 59.2 Å². The van der Waals surface area contributed by atoms with E-state index in [9.17, 15) is 0 Å². The minimum atomic E-state index is -0.967. The van der Waals surface area contributed by atoms with Crippen molar-refractivity contribution in [1.29, 1.82) is 0 Å². The molecule has 5 heterocycles. The van der Waals surface area contributed by atoms with Crippen molar-refractivity contribution < 1.29 is 13.6 Å². The van der Waals surface area contributed by atoms with Crippen molar-refractivity contribution in [2.75, 3.05) is 0 Å². The maximum Gasteiger partial charge on any atom is 0.264 e. The van der Waals surface area contributed by atoms with Gasteiger partial charge < -0.3 is 13.6 Å². The molecule has 0 aliphatic carbocycles. The Morgan fingerprint density at radius 3 is 1.58 bits per heavy atom. The van der Waals surface area contributed by atoms with E-state index in [1.165, 1.54) is 0 Å². The van der Waals surface area contributed by atoms with Crippen LogP contribution in [-0.4, -0.2) is 4.57 Å². The first-order chi connectivity index (χ1) is 33.1. The summed E-state index contributed by atoms with van der Waals surface area (Å²) in [4.78, 5) is 16.0. The van der Waals surface area contributed by atoms with Crippen LogP contribution in [0, 0.1) is 0 Å². The lowest BCUT2D eigenvalue weighted by Gasteiger charge is -2.45. The number of furan rings is 2. The Hall–Kier alpha value is -8.93. The van der Waals surface area contributed by atoms with E-state index in [4.69, 9.17) is 13.6 Å². The van der Waals surface area contributed by atoms with Crippen LogP contribution in [0.1, 0.15) is 22.3 Å². The quantitative estimate of drug-likeness (QED) is 0.166. The number of para-hydroxylation sites is 6. The van der Waals surface area contributed by atoms with Crippen LogP contribution in [-0.2, 0) is 5.41 Å². The van der Waals surface area contributed by atoms with Gasteiger partial charge in [0.2, 0.25) is 0 Å². The highest BCUT2D eigenvalue weighted by atomic mass is 16.5. The van der Waals surface area contributed by atoms with E-state index in [0.717, 1.165) is 133 Å². The van der Waals surface area contributed by atoms with Crippen LogP contribution in [0.5, 0.6) is 11.5 Å². The first kappa shape index (κ1) is 36.4. The largest absolute Gasteiger partial charge is 0.457 e. The molecule has 0 fully saturated rings. The number of rotatable bonds is 3. The molecule has 67 heavy (non-hydrogen) atoms. The number of aromatic nitrogens is 1. The Morgan fingerprint density at radius 1 is 0.373 bits per heavy atom. The predicted octanol–water partition coefficient (Wildman–Crippen LogP) is 15.7. The van der Waals surface area contributed by atoms with E-state index >= 15 is 4.79 Å². The summed E-state index contributed by atoms with van der Waals surface area (Å²) < 4.78 is 22.4. The molecular formula is C62H35NO4. The van der Waals surface area contributed by atoms with Gasteiger partial charge in [0.05, 0.1) is 22.0 Å². The summed E-state index contributed by atoms with van der Waals surface area (Å²) in [5.74, 6) is 1.52. The van der Waals surface area contributed by atoms with Crippen LogP contribution in [0.25, 0.3) is 105 Å². The fourth-order valence-corrected chi connectivity index (χ4v) is 11.7. The van der Waals surface area contributed by atoms with Crippen LogP contribution < -0.4 is 10.3 Å². The third-order valence-corrected chi connectivity index (χ3v) is 14.5. The van der Waals surface area contributed by atoms with Crippen LogP contribution >= 0.6 is 0 Å². The Kier molecular flexibility index (Phi) is 7.24. The van der Waals surface area contributed by atoms with Gasteiger partial charge >= 0.3 is 0 Å². The number of fused-ring (bicyclic) bond motifs is 16. The topological polar surface area (TPSA) is 57.5 Å². The van der Waals surface area contributed by atoms with Crippen LogP contribution in [0.3, 0.4) is 0 Å². The van der Waals surface area contributed by atoms with E-state index in [0.29, 0.717) is 5.39 Å². The Balaban J connectivity index is 1.16. The van der Waals surface area contributed by atoms with Crippen LogP contribution in [0.4, 0.5) is 0 Å². The summed E-state index contributed by atoms with van der Waals surface area (Å²) in [5.41, 5.74) is 13.6. The molecule has 5 nitrogen and oxygen atoms in total. The van der Waals surface area contributed by atoms with Crippen molar-refractivity contribution in [2.24, 2.45) is 0 Å². The lowest BCUT2D eigenvalue weighted by Crippen LogP contribution is -2.40. The van der Waals surface area contributed by atoms with Gasteiger partial charge in [0.25, 0.3) is 5.56 Å². The molecule has 0 atom stereocenters. The molecule has 0 saturated carbocycles. The van der Waals surface area contributed by atoms with Crippen molar-refractivity contribution >= 4 is 65.6 Å². The van der Waals surface area contributed by atoms with Crippen molar-refractivity contribution in [3.8, 4) is 50.6 Å². The molecule has 0 saturated heterocycles. The smallest absolute Gasteiger partial charge is 0.264 e. The molecule has 15 rings (SSSR count). The Morgan fingerprint density at radius 2 is 0.910 bits per heavy atom. The monoisotopic (exact) mass is 857 g/mol. The normalized spacial score (nSPS) is 13.4. The van der Waals surface area contributed by atoms with Crippen molar-refractivity contribution in [3.05, 3.63) is 245 Å². The zero-order valence-electron chi connectivity index (χ0n) is 35.8. The van der Waals surface area contributed by atoms with Crippen LogP contribution in [0.2, 0.25) is 0 Å². The van der Waals surface area contributed by atoms with E-state index < -0.39 is 5.41 Å². The molecule has 0 N–H and O–H groups in total. The standard InChI is InChI=1S/C62H35NO4/c64-61-57-39(36-15-2-1-3-16-36)19-12-22-44(57)47-33-38(41-21-14-24-46-43-18-5-9-28-54(43)67-60(41)46)35-51-58(47)63(61)52-32-31-37(40-20-13-23-45-42-17-4-8-27-53(42)66-59(40)45)34-50(52)62(51)48-25-6-10-29-55(48)65-56-30-11-7-26-49(56)62/h1-35H. The molecule has 1 spiro atoms. The summed E-state index contributed by atoms with van der Waals surface area (Å²) in [5, 5.41) is 6.76. The summed E-state index contributed by atoms with van der Waals surface area (Å²) in [6.07, 6.45) is 0. The van der Waals surface area contributed by atoms with Gasteiger partial charge in [-0.25, -0.2) is 0 Å². The van der Waals surface area contributed by atoms with Gasteiger partial charge in [0, 0.05) is 49.2 Å². The van der Waals surface area contributed by atoms with Crippen molar-refractivity contribution in [1.82, 2.24) is 4.57 Å². The van der Waals surface area contributed by atoms with E-state index in [-0.39, 0.29) is 5.56 Å². The molecular weight excluding hydrogens is 823 g/mol. The highest BCUT2D eigenvalue weighted by molar-refractivity contribution is 6.16. The molecule has 10 aromatic carbocycles. The third-order valence-electron chi connectivity index (χ3n) is 14.5. The number of benzene rings is 10. The SMILES string of the molecule is O=c1c2c(-c3ccccc3)cccc2c2cc(-c3cccc4c3oc3ccccc34)cc3c2n1-c1ccc(-c2cccc4c2oc2ccccc24)cc1C31c2ccccc2Oc2ccccc21. The van der Waals surface area contributed by atoms with E-state index in [2.05, 4.69) is 158 Å². The van der Waals surface area contributed by atoms with Gasteiger partial charge in [-0.05, 0) is 87.3 Å². The second-order valence-corrected chi connectivity index (χ2v) is 17.8. The summed E-state index contributed by atoms with van der Waals surface area (Å²) >= 11 is 0. The highest BCUT2D eigenvalue weighted by Crippen LogP contribution is 2.61. The van der Waals surface area contributed by atoms with Crippen LogP contribution in [0.15, 0.2) is 226 Å². The van der Waals surface area contributed by atoms with E-state index in [1.54, 1.807) is 0 Å². The number of ether oxygens (including phenoxy) is 1.